The summed E-state index contributed by atoms with van der Waals surface area (Å²) in [6, 6.07) is 60.5. The zero-order chi connectivity index (χ0) is 47.5. The minimum absolute atomic E-state index is 0.00241. The predicted molar refractivity (Wildman–Crippen MR) is 299 cm³/mol. The van der Waals surface area contributed by atoms with E-state index in [2.05, 4.69) is 242 Å². The fourth-order valence-corrected chi connectivity index (χ4v) is 15.3. The van der Waals surface area contributed by atoms with Crippen LogP contribution >= 0.6 is 11.3 Å². The highest BCUT2D eigenvalue weighted by Crippen LogP contribution is 2.56. The van der Waals surface area contributed by atoms with E-state index in [1.54, 1.807) is 0 Å². The Morgan fingerprint density at radius 3 is 1.59 bits per heavy atom. The Kier molecular flexibility index (Phi) is 8.94. The highest BCUT2D eigenvalue weighted by molar-refractivity contribution is 7.26. The summed E-state index contributed by atoms with van der Waals surface area (Å²) in [6.45, 7) is 24.4. The fraction of sp³-hybridized carbons (Fsp3) is 0.250. The molecule has 13 rings (SSSR count). The quantitative estimate of drug-likeness (QED) is 0.159. The number of rotatable bonds is 5. The number of thiophene rings is 1. The summed E-state index contributed by atoms with van der Waals surface area (Å²) >= 11 is 1.89. The SMILES string of the molecule is Cc1cc2c3c(c1)N(c1cccc4sc5ccccc5c14)c1cc(N(c4ccccc4)c4ccccc4)ccc1B3c1cc3c(cc1N2c1cc2c(cc1C)C(C)(C)CC2(C)C)C(C)(C)CC3(C)C. The molecule has 0 radical (unpaired) electrons. The van der Waals surface area contributed by atoms with E-state index in [0.29, 0.717) is 0 Å². The van der Waals surface area contributed by atoms with Gasteiger partial charge in [0.05, 0.1) is 5.69 Å². The third-order valence-electron chi connectivity index (χ3n) is 16.5. The van der Waals surface area contributed by atoms with E-state index < -0.39 is 0 Å². The summed E-state index contributed by atoms with van der Waals surface area (Å²) in [6.07, 6.45) is 2.25. The van der Waals surface area contributed by atoms with Gasteiger partial charge in [-0.1, -0.05) is 134 Å². The van der Waals surface area contributed by atoms with Gasteiger partial charge < -0.3 is 14.7 Å². The smallest absolute Gasteiger partial charge is 0.252 e. The summed E-state index contributed by atoms with van der Waals surface area (Å²) in [4.78, 5) is 7.78. The second-order valence-electron chi connectivity index (χ2n) is 23.3. The number of hydrogen-bond acceptors (Lipinski definition) is 4. The van der Waals surface area contributed by atoms with Crippen molar-refractivity contribution in [2.24, 2.45) is 0 Å². The molecule has 5 heteroatoms. The van der Waals surface area contributed by atoms with Gasteiger partial charge in [-0.15, -0.1) is 11.3 Å². The molecule has 69 heavy (non-hydrogen) atoms. The highest BCUT2D eigenvalue weighted by Gasteiger charge is 2.49. The second-order valence-corrected chi connectivity index (χ2v) is 24.4. The number of hydrogen-bond donors (Lipinski definition) is 0. The van der Waals surface area contributed by atoms with Gasteiger partial charge in [0, 0.05) is 65.7 Å². The Hall–Kier alpha value is -6.56. The van der Waals surface area contributed by atoms with Crippen LogP contribution in [0.15, 0.2) is 158 Å². The van der Waals surface area contributed by atoms with Gasteiger partial charge in [0.1, 0.15) is 0 Å². The molecular formula is C64H60BN3S. The summed E-state index contributed by atoms with van der Waals surface area (Å²) in [5.41, 5.74) is 23.8. The molecule has 9 aromatic rings. The van der Waals surface area contributed by atoms with Gasteiger partial charge in [-0.25, -0.2) is 0 Å². The van der Waals surface area contributed by atoms with Crippen molar-refractivity contribution < 1.29 is 0 Å². The van der Waals surface area contributed by atoms with E-state index in [0.717, 1.165) is 29.9 Å². The van der Waals surface area contributed by atoms with Gasteiger partial charge in [0.2, 0.25) is 0 Å². The van der Waals surface area contributed by atoms with E-state index in [-0.39, 0.29) is 28.4 Å². The lowest BCUT2D eigenvalue weighted by Crippen LogP contribution is -2.61. The minimum Gasteiger partial charge on any atom is -0.311 e. The number of aryl methyl sites for hydroxylation is 2. The molecule has 0 fully saturated rings. The lowest BCUT2D eigenvalue weighted by Gasteiger charge is -2.45. The Morgan fingerprint density at radius 2 is 0.957 bits per heavy atom. The van der Waals surface area contributed by atoms with Crippen molar-refractivity contribution in [1.82, 2.24) is 0 Å². The Balaban J connectivity index is 1.15. The lowest BCUT2D eigenvalue weighted by atomic mass is 9.33. The van der Waals surface area contributed by atoms with Crippen LogP contribution in [0.3, 0.4) is 0 Å². The first-order valence-corrected chi connectivity index (χ1v) is 25.9. The van der Waals surface area contributed by atoms with Crippen LogP contribution in [0.1, 0.15) is 102 Å². The van der Waals surface area contributed by atoms with Gasteiger partial charge in [-0.3, -0.25) is 0 Å². The fourth-order valence-electron chi connectivity index (χ4n) is 14.1. The van der Waals surface area contributed by atoms with Crippen LogP contribution in [0.2, 0.25) is 0 Å². The van der Waals surface area contributed by atoms with E-state index in [1.807, 2.05) is 11.3 Å². The van der Waals surface area contributed by atoms with Crippen molar-refractivity contribution in [3.8, 4) is 0 Å². The molecule has 0 N–H and O–H groups in total. The molecule has 1 aromatic heterocycles. The average molecular weight is 914 g/mol. The Labute approximate surface area is 413 Å². The predicted octanol–water partition coefficient (Wildman–Crippen LogP) is 16.1. The van der Waals surface area contributed by atoms with Crippen molar-refractivity contribution in [3.63, 3.8) is 0 Å². The van der Waals surface area contributed by atoms with Crippen LogP contribution in [0.4, 0.5) is 51.2 Å². The summed E-state index contributed by atoms with van der Waals surface area (Å²) in [7, 11) is 0. The molecule has 3 heterocycles. The molecule has 0 bridgehead atoms. The molecule has 2 aliphatic heterocycles. The molecule has 0 atom stereocenters. The van der Waals surface area contributed by atoms with Crippen LogP contribution in [0.5, 0.6) is 0 Å². The molecule has 8 aromatic carbocycles. The first kappa shape index (κ1) is 42.5. The van der Waals surface area contributed by atoms with Crippen LogP contribution in [-0.4, -0.2) is 6.71 Å². The van der Waals surface area contributed by atoms with Crippen molar-refractivity contribution in [3.05, 3.63) is 191 Å². The van der Waals surface area contributed by atoms with Crippen molar-refractivity contribution >= 4 is 106 Å². The molecule has 3 nitrogen and oxygen atoms in total. The number of para-hydroxylation sites is 2. The maximum absolute atomic E-state index is 2.71. The van der Waals surface area contributed by atoms with Crippen molar-refractivity contribution in [2.45, 2.75) is 104 Å². The molecule has 0 saturated carbocycles. The van der Waals surface area contributed by atoms with Gasteiger partial charge in [-0.05, 0) is 177 Å². The average Bonchev–Trinajstić information content (AvgIpc) is 3.85. The van der Waals surface area contributed by atoms with Crippen LogP contribution in [0, 0.1) is 13.8 Å². The molecule has 2 aliphatic carbocycles. The maximum atomic E-state index is 2.71. The van der Waals surface area contributed by atoms with E-state index >= 15 is 0 Å². The van der Waals surface area contributed by atoms with E-state index in [4.69, 9.17) is 0 Å². The third kappa shape index (κ3) is 6.18. The molecule has 0 unspecified atom stereocenters. The van der Waals surface area contributed by atoms with Gasteiger partial charge in [0.25, 0.3) is 6.71 Å². The first-order chi connectivity index (χ1) is 33.0. The first-order valence-electron chi connectivity index (χ1n) is 25.0. The molecular weight excluding hydrogens is 854 g/mol. The number of fused-ring (bicyclic) bond motifs is 9. The van der Waals surface area contributed by atoms with E-state index in [1.165, 1.54) is 104 Å². The largest absolute Gasteiger partial charge is 0.311 e. The maximum Gasteiger partial charge on any atom is 0.252 e. The Bertz CT molecular complexity index is 3580. The number of nitrogens with zero attached hydrogens (tertiary/aromatic N) is 3. The Morgan fingerprint density at radius 1 is 0.435 bits per heavy atom. The zero-order valence-electron chi connectivity index (χ0n) is 41.8. The van der Waals surface area contributed by atoms with Gasteiger partial charge in [-0.2, -0.15) is 0 Å². The second kappa shape index (κ2) is 14.5. The molecule has 0 spiro atoms. The number of anilines is 9. The zero-order valence-corrected chi connectivity index (χ0v) is 42.6. The monoisotopic (exact) mass is 913 g/mol. The third-order valence-corrected chi connectivity index (χ3v) is 17.6. The minimum atomic E-state index is -0.00241. The number of benzene rings is 8. The topological polar surface area (TPSA) is 9.72 Å². The van der Waals surface area contributed by atoms with Crippen LogP contribution < -0.4 is 31.1 Å². The lowest BCUT2D eigenvalue weighted by molar-refractivity contribution is 0.403. The van der Waals surface area contributed by atoms with Crippen molar-refractivity contribution in [1.29, 1.82) is 0 Å². The van der Waals surface area contributed by atoms with Crippen LogP contribution in [-0.2, 0) is 21.7 Å². The molecule has 0 saturated heterocycles. The van der Waals surface area contributed by atoms with Gasteiger partial charge in [0.15, 0.2) is 0 Å². The normalized spacial score (nSPS) is 17.4. The summed E-state index contributed by atoms with van der Waals surface area (Å²) in [5.74, 6) is 0. The van der Waals surface area contributed by atoms with E-state index in [9.17, 15) is 0 Å². The molecule has 4 aliphatic rings. The van der Waals surface area contributed by atoms with Gasteiger partial charge >= 0.3 is 0 Å². The molecule has 0 amide bonds. The summed E-state index contributed by atoms with van der Waals surface area (Å²) < 4.78 is 2.61. The summed E-state index contributed by atoms with van der Waals surface area (Å²) in [5, 5.41) is 2.61. The molecule has 340 valence electrons. The standard InChI is InChI=1S/C64H60BN3S/c1-39-30-55-60-56(31-39)68(52-35-47-45(32-40(52)2)61(3,4)37-63(47,7)8)54-36-48-46(62(5,6)38-64(48,9)10)34-50(54)65(60)49-29-28-43(66(41-20-13-11-14-21-41)42-22-15-12-16-23-42)33-53(49)67(55)51-25-19-27-58-59(51)44-24-17-18-26-57(44)69-58/h11-36H,37-38H2,1-10H3. The van der Waals surface area contributed by atoms with Crippen molar-refractivity contribution in [2.75, 3.05) is 14.7 Å². The highest BCUT2D eigenvalue weighted by atomic mass is 32.1. The van der Waals surface area contributed by atoms with Crippen LogP contribution in [0.25, 0.3) is 20.2 Å².